The number of hydrogen-bond acceptors (Lipinski definition) is 3. The zero-order chi connectivity index (χ0) is 18.1. The number of aromatic nitrogens is 3. The Hall–Kier alpha value is -3.74. The Labute approximate surface area is 146 Å². The van der Waals surface area contributed by atoms with Gasteiger partial charge in [-0.2, -0.15) is 0 Å². The number of amides is 1. The molecule has 0 aliphatic heterocycles. The van der Waals surface area contributed by atoms with Crippen LogP contribution in [0.1, 0.15) is 10.4 Å². The molecule has 4 rings (SSSR count). The van der Waals surface area contributed by atoms with Crippen LogP contribution in [0.15, 0.2) is 72.0 Å². The predicted molar refractivity (Wildman–Crippen MR) is 96.0 cm³/mol. The number of H-pyrrole nitrogens is 1. The van der Waals surface area contributed by atoms with E-state index in [-0.39, 0.29) is 11.1 Å². The van der Waals surface area contributed by atoms with E-state index in [0.29, 0.717) is 11.1 Å². The lowest BCUT2D eigenvalue weighted by Gasteiger charge is -2.10. The summed E-state index contributed by atoms with van der Waals surface area (Å²) in [7, 11) is 0. The van der Waals surface area contributed by atoms with Gasteiger partial charge in [-0.15, -0.1) is 0 Å². The van der Waals surface area contributed by atoms with Gasteiger partial charge >= 0.3 is 0 Å². The summed E-state index contributed by atoms with van der Waals surface area (Å²) in [6, 6.07) is 12.3. The molecule has 0 unspecified atom stereocenters. The summed E-state index contributed by atoms with van der Waals surface area (Å²) >= 11 is 0. The van der Waals surface area contributed by atoms with Crippen molar-refractivity contribution in [2.24, 2.45) is 0 Å². The van der Waals surface area contributed by atoms with Crippen molar-refractivity contribution in [3.05, 3.63) is 89.0 Å². The molecule has 2 aromatic heterocycles. The Morgan fingerprint density at radius 3 is 2.85 bits per heavy atom. The smallest absolute Gasteiger partial charge is 0.256 e. The highest BCUT2D eigenvalue weighted by molar-refractivity contribution is 6.12. The standard InChI is InChI=1S/C19H13FN4O2/c20-12-4-5-15-16(10-18(25)23-17(15)8-12)19(26)22-13-2-1-3-14(9-13)24-7-6-21-11-24/h1-11H,(H,22,26)(H,23,25). The summed E-state index contributed by atoms with van der Waals surface area (Å²) < 4.78 is 15.2. The van der Waals surface area contributed by atoms with Gasteiger partial charge in [0.2, 0.25) is 5.56 Å². The Balaban J connectivity index is 1.70. The number of aromatic amines is 1. The molecule has 0 spiro atoms. The quantitative estimate of drug-likeness (QED) is 0.597. The Morgan fingerprint density at radius 2 is 2.04 bits per heavy atom. The zero-order valence-corrected chi connectivity index (χ0v) is 13.4. The van der Waals surface area contributed by atoms with E-state index in [4.69, 9.17) is 0 Å². The molecule has 0 aliphatic carbocycles. The maximum absolute atomic E-state index is 13.4. The summed E-state index contributed by atoms with van der Waals surface area (Å²) in [4.78, 5) is 31.0. The Morgan fingerprint density at radius 1 is 1.15 bits per heavy atom. The van der Waals surface area contributed by atoms with Crippen molar-refractivity contribution < 1.29 is 9.18 Å². The van der Waals surface area contributed by atoms with Gasteiger partial charge in [-0.05, 0) is 36.4 Å². The summed E-state index contributed by atoms with van der Waals surface area (Å²) in [6.07, 6.45) is 5.10. The number of benzene rings is 2. The second-order valence-corrected chi connectivity index (χ2v) is 5.71. The molecule has 1 amide bonds. The molecule has 6 nitrogen and oxygen atoms in total. The van der Waals surface area contributed by atoms with E-state index in [1.54, 1.807) is 41.5 Å². The molecule has 2 aromatic carbocycles. The van der Waals surface area contributed by atoms with Crippen LogP contribution >= 0.6 is 0 Å². The average molecular weight is 348 g/mol. The number of carbonyl (C=O) groups excluding carboxylic acids is 1. The largest absolute Gasteiger partial charge is 0.322 e. The third-order valence-electron chi connectivity index (χ3n) is 3.96. The first-order valence-electron chi connectivity index (χ1n) is 7.82. The predicted octanol–water partition coefficient (Wildman–Crippen LogP) is 3.11. The lowest BCUT2D eigenvalue weighted by atomic mass is 10.1. The van der Waals surface area contributed by atoms with E-state index in [1.165, 1.54) is 24.3 Å². The van der Waals surface area contributed by atoms with Gasteiger partial charge in [0.15, 0.2) is 0 Å². The molecule has 0 saturated carbocycles. The van der Waals surface area contributed by atoms with E-state index in [9.17, 15) is 14.0 Å². The van der Waals surface area contributed by atoms with Crippen LogP contribution in [0.4, 0.5) is 10.1 Å². The second-order valence-electron chi connectivity index (χ2n) is 5.71. The molecule has 0 atom stereocenters. The first-order chi connectivity index (χ1) is 12.6. The molecule has 0 bridgehead atoms. The summed E-state index contributed by atoms with van der Waals surface area (Å²) in [5.74, 6) is -0.936. The van der Waals surface area contributed by atoms with Gasteiger partial charge in [-0.25, -0.2) is 9.37 Å². The number of anilines is 1. The second kappa shape index (κ2) is 6.29. The number of pyridine rings is 1. The van der Waals surface area contributed by atoms with Crippen molar-refractivity contribution in [1.82, 2.24) is 14.5 Å². The van der Waals surface area contributed by atoms with Gasteiger partial charge in [0.1, 0.15) is 5.82 Å². The molecule has 0 fully saturated rings. The molecule has 2 N–H and O–H groups in total. The van der Waals surface area contributed by atoms with Crippen LogP contribution in [0, 0.1) is 5.82 Å². The lowest BCUT2D eigenvalue weighted by Crippen LogP contribution is -2.17. The average Bonchev–Trinajstić information content (AvgIpc) is 3.15. The topological polar surface area (TPSA) is 79.8 Å². The third-order valence-corrected chi connectivity index (χ3v) is 3.96. The van der Waals surface area contributed by atoms with E-state index in [2.05, 4.69) is 15.3 Å². The highest BCUT2D eigenvalue weighted by atomic mass is 19.1. The molecule has 0 radical (unpaired) electrons. The van der Waals surface area contributed by atoms with Crippen molar-refractivity contribution in [2.45, 2.75) is 0 Å². The molecular formula is C19H13FN4O2. The number of carbonyl (C=O) groups is 1. The first kappa shape index (κ1) is 15.8. The van der Waals surface area contributed by atoms with Crippen LogP contribution in [0.2, 0.25) is 0 Å². The van der Waals surface area contributed by atoms with Crippen molar-refractivity contribution in [1.29, 1.82) is 0 Å². The third kappa shape index (κ3) is 2.98. The van der Waals surface area contributed by atoms with Gasteiger partial charge in [0.05, 0.1) is 17.4 Å². The minimum Gasteiger partial charge on any atom is -0.322 e. The van der Waals surface area contributed by atoms with Crippen LogP contribution in [0.25, 0.3) is 16.6 Å². The van der Waals surface area contributed by atoms with Crippen LogP contribution in [-0.2, 0) is 0 Å². The summed E-state index contributed by atoms with van der Waals surface area (Å²) in [5, 5.41) is 3.24. The Kier molecular flexibility index (Phi) is 3.81. The van der Waals surface area contributed by atoms with E-state index < -0.39 is 17.3 Å². The van der Waals surface area contributed by atoms with Crippen LogP contribution in [0.3, 0.4) is 0 Å². The maximum Gasteiger partial charge on any atom is 0.256 e. The lowest BCUT2D eigenvalue weighted by molar-refractivity contribution is 0.102. The monoisotopic (exact) mass is 348 g/mol. The highest BCUT2D eigenvalue weighted by Gasteiger charge is 2.13. The van der Waals surface area contributed by atoms with Gasteiger partial charge in [-0.1, -0.05) is 6.07 Å². The fourth-order valence-corrected chi connectivity index (χ4v) is 2.77. The van der Waals surface area contributed by atoms with Gasteiger partial charge in [0.25, 0.3) is 5.91 Å². The number of nitrogens with one attached hydrogen (secondary N) is 2. The fourth-order valence-electron chi connectivity index (χ4n) is 2.77. The highest BCUT2D eigenvalue weighted by Crippen LogP contribution is 2.19. The fraction of sp³-hybridized carbons (Fsp3) is 0. The molecular weight excluding hydrogens is 335 g/mol. The Bertz CT molecular complexity index is 1170. The number of nitrogens with zero attached hydrogens (tertiary/aromatic N) is 2. The van der Waals surface area contributed by atoms with Crippen molar-refractivity contribution >= 4 is 22.5 Å². The number of halogens is 1. The number of rotatable bonds is 3. The van der Waals surface area contributed by atoms with Gasteiger partial charge < -0.3 is 14.9 Å². The summed E-state index contributed by atoms with van der Waals surface area (Å²) in [6.45, 7) is 0. The maximum atomic E-state index is 13.4. The van der Waals surface area contributed by atoms with E-state index in [1.807, 2.05) is 6.07 Å². The van der Waals surface area contributed by atoms with E-state index in [0.717, 1.165) is 5.69 Å². The normalized spacial score (nSPS) is 10.8. The minimum atomic E-state index is -0.487. The van der Waals surface area contributed by atoms with Crippen LogP contribution < -0.4 is 10.9 Å². The number of hydrogen-bond donors (Lipinski definition) is 2. The minimum absolute atomic E-state index is 0.178. The summed E-state index contributed by atoms with van der Waals surface area (Å²) in [5.41, 5.74) is 1.38. The van der Waals surface area contributed by atoms with Gasteiger partial charge in [-0.3, -0.25) is 9.59 Å². The van der Waals surface area contributed by atoms with Crippen molar-refractivity contribution in [2.75, 3.05) is 5.32 Å². The number of fused-ring (bicyclic) bond motifs is 1. The molecule has 0 aliphatic rings. The van der Waals surface area contributed by atoms with Gasteiger partial charge in [0, 0.05) is 35.2 Å². The SMILES string of the molecule is O=C(Nc1cccc(-n2ccnc2)c1)c1cc(=O)[nH]c2cc(F)ccc12. The molecule has 7 heteroatoms. The van der Waals surface area contributed by atoms with Crippen molar-refractivity contribution in [3.8, 4) is 5.69 Å². The zero-order valence-electron chi connectivity index (χ0n) is 13.4. The molecule has 128 valence electrons. The number of imidazole rings is 1. The van der Waals surface area contributed by atoms with E-state index >= 15 is 0 Å². The van der Waals surface area contributed by atoms with Crippen LogP contribution in [0.5, 0.6) is 0 Å². The molecule has 2 heterocycles. The molecule has 0 saturated heterocycles. The van der Waals surface area contributed by atoms with Crippen LogP contribution in [-0.4, -0.2) is 20.4 Å². The van der Waals surface area contributed by atoms with Crippen molar-refractivity contribution in [3.63, 3.8) is 0 Å². The molecule has 4 aromatic rings. The molecule has 26 heavy (non-hydrogen) atoms. The first-order valence-corrected chi connectivity index (χ1v) is 7.82.